The second kappa shape index (κ2) is 5.71. The number of nitrogens with one attached hydrogen (secondary N) is 1. The van der Waals surface area contributed by atoms with Crippen molar-refractivity contribution in [3.05, 3.63) is 59.1 Å². The van der Waals surface area contributed by atoms with Crippen molar-refractivity contribution in [2.24, 2.45) is 0 Å². The molecule has 0 radical (unpaired) electrons. The van der Waals surface area contributed by atoms with Crippen LogP contribution >= 0.6 is 11.6 Å². The van der Waals surface area contributed by atoms with E-state index in [0.29, 0.717) is 5.02 Å². The quantitative estimate of drug-likeness (QED) is 0.886. The van der Waals surface area contributed by atoms with Crippen molar-refractivity contribution in [1.82, 2.24) is 5.32 Å². The number of ether oxygens (including phenoxy) is 1. The van der Waals surface area contributed by atoms with Gasteiger partial charge in [0, 0.05) is 12.1 Å². The SMILES string of the molecule is CNCc1cccc(Cl)c1Oc1ccccc1. The Morgan fingerprint density at radius 3 is 2.53 bits per heavy atom. The molecule has 0 aliphatic rings. The Balaban J connectivity index is 2.31. The summed E-state index contributed by atoms with van der Waals surface area (Å²) in [6.45, 7) is 0.725. The number of para-hydroxylation sites is 2. The highest BCUT2D eigenvalue weighted by atomic mass is 35.5. The Morgan fingerprint density at radius 1 is 1.06 bits per heavy atom. The molecule has 2 rings (SSSR count). The molecular weight excluding hydrogens is 234 g/mol. The van der Waals surface area contributed by atoms with Crippen molar-refractivity contribution >= 4 is 11.6 Å². The molecule has 0 atom stereocenters. The Labute approximate surface area is 106 Å². The predicted molar refractivity (Wildman–Crippen MR) is 70.7 cm³/mol. The Kier molecular flexibility index (Phi) is 4.02. The van der Waals surface area contributed by atoms with E-state index in [0.717, 1.165) is 23.6 Å². The van der Waals surface area contributed by atoms with Gasteiger partial charge in [0.25, 0.3) is 0 Å². The lowest BCUT2D eigenvalue weighted by molar-refractivity contribution is 0.474. The third kappa shape index (κ3) is 2.99. The number of hydrogen-bond donors (Lipinski definition) is 1. The van der Waals surface area contributed by atoms with E-state index in [1.165, 1.54) is 0 Å². The zero-order chi connectivity index (χ0) is 12.1. The lowest BCUT2D eigenvalue weighted by Gasteiger charge is -2.12. The van der Waals surface area contributed by atoms with Crippen molar-refractivity contribution in [3.8, 4) is 11.5 Å². The third-order valence-corrected chi connectivity index (χ3v) is 2.68. The summed E-state index contributed by atoms with van der Waals surface area (Å²) in [6.07, 6.45) is 0. The van der Waals surface area contributed by atoms with E-state index in [4.69, 9.17) is 16.3 Å². The predicted octanol–water partition coefficient (Wildman–Crippen LogP) is 3.85. The van der Waals surface area contributed by atoms with Crippen LogP contribution in [0.5, 0.6) is 11.5 Å². The van der Waals surface area contributed by atoms with Crippen LogP contribution in [0.3, 0.4) is 0 Å². The van der Waals surface area contributed by atoms with Gasteiger partial charge in [0.2, 0.25) is 0 Å². The maximum Gasteiger partial charge on any atom is 0.150 e. The van der Waals surface area contributed by atoms with Crippen LogP contribution in [-0.2, 0) is 6.54 Å². The summed E-state index contributed by atoms with van der Waals surface area (Å²) in [5.41, 5.74) is 1.05. The first-order valence-corrected chi connectivity index (χ1v) is 5.84. The minimum absolute atomic E-state index is 0.626. The van der Waals surface area contributed by atoms with Crippen LogP contribution in [-0.4, -0.2) is 7.05 Å². The van der Waals surface area contributed by atoms with Crippen molar-refractivity contribution in [2.75, 3.05) is 7.05 Å². The molecule has 3 heteroatoms. The van der Waals surface area contributed by atoms with Gasteiger partial charge in [-0.3, -0.25) is 0 Å². The van der Waals surface area contributed by atoms with Crippen LogP contribution in [0, 0.1) is 0 Å². The van der Waals surface area contributed by atoms with E-state index in [1.807, 2.05) is 55.6 Å². The van der Waals surface area contributed by atoms with Gasteiger partial charge < -0.3 is 10.1 Å². The molecule has 0 saturated carbocycles. The first-order valence-electron chi connectivity index (χ1n) is 5.46. The fraction of sp³-hybridized carbons (Fsp3) is 0.143. The highest BCUT2D eigenvalue weighted by Crippen LogP contribution is 2.32. The molecule has 0 aliphatic heterocycles. The molecule has 0 fully saturated rings. The molecule has 0 aromatic heterocycles. The van der Waals surface area contributed by atoms with Crippen LogP contribution in [0.15, 0.2) is 48.5 Å². The molecule has 17 heavy (non-hydrogen) atoms. The normalized spacial score (nSPS) is 10.2. The van der Waals surface area contributed by atoms with Crippen molar-refractivity contribution in [2.45, 2.75) is 6.54 Å². The van der Waals surface area contributed by atoms with Gasteiger partial charge in [0.05, 0.1) is 5.02 Å². The second-order valence-corrected chi connectivity index (χ2v) is 4.08. The molecule has 0 aliphatic carbocycles. The summed E-state index contributed by atoms with van der Waals surface area (Å²) in [7, 11) is 1.90. The van der Waals surface area contributed by atoms with Gasteiger partial charge in [-0.2, -0.15) is 0 Å². The fourth-order valence-electron chi connectivity index (χ4n) is 1.60. The average Bonchev–Trinajstić information content (AvgIpc) is 2.35. The minimum atomic E-state index is 0.626. The van der Waals surface area contributed by atoms with Crippen molar-refractivity contribution in [1.29, 1.82) is 0 Å². The summed E-state index contributed by atoms with van der Waals surface area (Å²) < 4.78 is 5.82. The molecule has 0 unspecified atom stereocenters. The highest BCUT2D eigenvalue weighted by Gasteiger charge is 2.08. The average molecular weight is 248 g/mol. The fourth-order valence-corrected chi connectivity index (χ4v) is 1.84. The van der Waals surface area contributed by atoms with Gasteiger partial charge in [-0.15, -0.1) is 0 Å². The third-order valence-electron chi connectivity index (χ3n) is 2.38. The van der Waals surface area contributed by atoms with E-state index >= 15 is 0 Å². The maximum atomic E-state index is 6.16. The zero-order valence-corrected chi connectivity index (χ0v) is 10.4. The number of hydrogen-bond acceptors (Lipinski definition) is 2. The smallest absolute Gasteiger partial charge is 0.150 e. The highest BCUT2D eigenvalue weighted by molar-refractivity contribution is 6.32. The number of halogens is 1. The second-order valence-electron chi connectivity index (χ2n) is 3.67. The Morgan fingerprint density at radius 2 is 1.82 bits per heavy atom. The molecule has 88 valence electrons. The van der Waals surface area contributed by atoms with Crippen LogP contribution in [0.1, 0.15) is 5.56 Å². The van der Waals surface area contributed by atoms with E-state index in [9.17, 15) is 0 Å². The summed E-state index contributed by atoms with van der Waals surface area (Å²) in [4.78, 5) is 0. The van der Waals surface area contributed by atoms with Gasteiger partial charge in [-0.1, -0.05) is 41.9 Å². The minimum Gasteiger partial charge on any atom is -0.455 e. The zero-order valence-electron chi connectivity index (χ0n) is 9.61. The molecule has 0 amide bonds. The molecule has 0 bridgehead atoms. The van der Waals surface area contributed by atoms with Crippen LogP contribution < -0.4 is 10.1 Å². The summed E-state index contributed by atoms with van der Waals surface area (Å²) in [5.74, 6) is 1.51. The maximum absolute atomic E-state index is 6.16. The topological polar surface area (TPSA) is 21.3 Å². The molecule has 1 N–H and O–H groups in total. The Hall–Kier alpha value is -1.51. The molecule has 0 spiro atoms. The monoisotopic (exact) mass is 247 g/mol. The van der Waals surface area contributed by atoms with Crippen LogP contribution in [0.25, 0.3) is 0 Å². The summed E-state index contributed by atoms with van der Waals surface area (Å²) in [6, 6.07) is 15.4. The van der Waals surface area contributed by atoms with Crippen molar-refractivity contribution < 1.29 is 4.74 Å². The first-order chi connectivity index (χ1) is 8.31. The van der Waals surface area contributed by atoms with Gasteiger partial charge in [0.1, 0.15) is 11.5 Å². The van der Waals surface area contributed by atoms with E-state index < -0.39 is 0 Å². The molecular formula is C14H14ClNO. The van der Waals surface area contributed by atoms with E-state index in [2.05, 4.69) is 5.32 Å². The van der Waals surface area contributed by atoms with Crippen LogP contribution in [0.4, 0.5) is 0 Å². The largest absolute Gasteiger partial charge is 0.455 e. The molecule has 2 nitrogen and oxygen atoms in total. The lowest BCUT2D eigenvalue weighted by Crippen LogP contribution is -2.06. The molecule has 0 saturated heterocycles. The number of benzene rings is 2. The van der Waals surface area contributed by atoms with Gasteiger partial charge in [0.15, 0.2) is 0 Å². The molecule has 2 aromatic carbocycles. The van der Waals surface area contributed by atoms with E-state index in [1.54, 1.807) is 0 Å². The molecule has 2 aromatic rings. The summed E-state index contributed by atoms with van der Waals surface area (Å²) >= 11 is 6.16. The van der Waals surface area contributed by atoms with Crippen LogP contribution in [0.2, 0.25) is 5.02 Å². The van der Waals surface area contributed by atoms with Crippen molar-refractivity contribution in [3.63, 3.8) is 0 Å². The summed E-state index contributed by atoms with van der Waals surface area (Å²) in [5, 5.41) is 3.73. The first kappa shape index (κ1) is 12.0. The standard InChI is InChI=1S/C14H14ClNO/c1-16-10-11-6-5-9-13(15)14(11)17-12-7-3-2-4-8-12/h2-9,16H,10H2,1H3. The van der Waals surface area contributed by atoms with Gasteiger partial charge >= 0.3 is 0 Å². The molecule has 0 heterocycles. The lowest BCUT2D eigenvalue weighted by atomic mass is 10.2. The van der Waals surface area contributed by atoms with Gasteiger partial charge in [-0.05, 0) is 25.2 Å². The number of rotatable bonds is 4. The van der Waals surface area contributed by atoms with E-state index in [-0.39, 0.29) is 0 Å². The van der Waals surface area contributed by atoms with Gasteiger partial charge in [-0.25, -0.2) is 0 Å². The Bertz CT molecular complexity index is 485.